The van der Waals surface area contributed by atoms with E-state index in [0.29, 0.717) is 0 Å². The second-order valence-corrected chi connectivity index (χ2v) is 8.29. The summed E-state index contributed by atoms with van der Waals surface area (Å²) < 4.78 is 0. The van der Waals surface area contributed by atoms with Crippen molar-refractivity contribution in [2.24, 2.45) is 0 Å². The Kier molecular flexibility index (Phi) is 9.81. The number of benzene rings is 4. The largest absolute Gasteiger partial charge is 2.00 e. The van der Waals surface area contributed by atoms with Gasteiger partial charge in [-0.3, -0.25) is 0 Å². The van der Waals surface area contributed by atoms with Crippen molar-refractivity contribution in [1.29, 1.82) is 0 Å². The molecule has 35 heavy (non-hydrogen) atoms. The second kappa shape index (κ2) is 12.3. The average molecular weight is 475 g/mol. The molecular weight excluding hydrogens is 449 g/mol. The molecule has 0 saturated heterocycles. The third-order valence-electron chi connectivity index (χ3n) is 6.22. The van der Waals surface area contributed by atoms with Crippen molar-refractivity contribution in [1.82, 2.24) is 0 Å². The molecule has 0 radical (unpaired) electrons. The molecule has 0 spiro atoms. The Balaban J connectivity index is 0.000000240. The van der Waals surface area contributed by atoms with Crippen LogP contribution in [0, 0.1) is 0 Å². The number of hydrogen-bond donors (Lipinski definition) is 0. The van der Waals surface area contributed by atoms with Crippen LogP contribution in [0.3, 0.4) is 0 Å². The molecule has 0 aliphatic heterocycles. The van der Waals surface area contributed by atoms with E-state index < -0.39 is 22.8 Å². The van der Waals surface area contributed by atoms with Crippen molar-refractivity contribution in [3.8, 4) is 0 Å². The molecule has 4 aromatic rings. The summed E-state index contributed by atoms with van der Waals surface area (Å²) in [5.41, 5.74) is 0.695. The van der Waals surface area contributed by atoms with Crippen LogP contribution in [0.4, 0.5) is 0 Å². The minimum Gasteiger partial charge on any atom is -0.549 e. The Labute approximate surface area is 222 Å². The average Bonchev–Trinajstić information content (AvgIpc) is 2.90. The van der Waals surface area contributed by atoms with Crippen LogP contribution < -0.4 is 10.2 Å². The Morgan fingerprint density at radius 2 is 0.629 bits per heavy atom. The number of aliphatic carboxylic acids is 2. The number of carboxylic acids is 2. The molecule has 0 unspecified atom stereocenters. The van der Waals surface area contributed by atoms with Gasteiger partial charge in [0.2, 0.25) is 0 Å². The van der Waals surface area contributed by atoms with Gasteiger partial charge in [0, 0.05) is 0 Å². The molecule has 5 heteroatoms. The van der Waals surface area contributed by atoms with E-state index in [4.69, 9.17) is 0 Å². The van der Waals surface area contributed by atoms with E-state index >= 15 is 0 Å². The van der Waals surface area contributed by atoms with E-state index in [1.54, 1.807) is 13.8 Å². The molecule has 0 aliphatic carbocycles. The van der Waals surface area contributed by atoms with Gasteiger partial charge in [-0.2, -0.15) is 0 Å². The first-order chi connectivity index (χ1) is 16.3. The van der Waals surface area contributed by atoms with Crippen LogP contribution in [0.25, 0.3) is 0 Å². The maximum absolute atomic E-state index is 11.5. The van der Waals surface area contributed by atoms with E-state index in [2.05, 4.69) is 0 Å². The fourth-order valence-electron chi connectivity index (χ4n) is 3.89. The summed E-state index contributed by atoms with van der Waals surface area (Å²) in [7, 11) is 0. The molecule has 0 aliphatic rings. The van der Waals surface area contributed by atoms with Crippen molar-refractivity contribution in [2.45, 2.75) is 24.7 Å². The van der Waals surface area contributed by atoms with Gasteiger partial charge in [-0.1, -0.05) is 121 Å². The Bertz CT molecular complexity index is 1030. The number of carboxylic acid groups (broad SMARTS) is 2. The number of hydrogen-bond acceptors (Lipinski definition) is 4. The molecule has 0 N–H and O–H groups in total. The zero-order valence-corrected chi connectivity index (χ0v) is 21.3. The maximum Gasteiger partial charge on any atom is 2.00 e. The van der Waals surface area contributed by atoms with Gasteiger partial charge in [0.1, 0.15) is 0 Å². The SMILES string of the molecule is CC(C(=O)[O-])(c1ccccc1)c1ccccc1.CC(C(=O)[O-])(c1ccccc1)c1ccccc1.[Mg+2]. The predicted molar refractivity (Wildman–Crippen MR) is 134 cm³/mol. The molecule has 0 heterocycles. The van der Waals surface area contributed by atoms with Crippen LogP contribution in [-0.2, 0) is 20.4 Å². The van der Waals surface area contributed by atoms with E-state index in [-0.39, 0.29) is 23.1 Å². The smallest absolute Gasteiger partial charge is 0.549 e. The standard InChI is InChI=1S/2C15H14O2.Mg/c2*1-15(14(16)17,12-8-4-2-5-9-12)13-10-6-3-7-11-13;/h2*2-11H,1H3,(H,16,17);/q;;+2/p-2. The first-order valence-electron chi connectivity index (χ1n) is 11.0. The fourth-order valence-corrected chi connectivity index (χ4v) is 3.89. The van der Waals surface area contributed by atoms with Gasteiger partial charge in [0.05, 0.1) is 22.8 Å². The minimum atomic E-state index is -1.11. The monoisotopic (exact) mass is 474 g/mol. The van der Waals surface area contributed by atoms with Crippen LogP contribution in [0.2, 0.25) is 0 Å². The van der Waals surface area contributed by atoms with Crippen molar-refractivity contribution in [3.05, 3.63) is 144 Å². The molecule has 4 aromatic carbocycles. The van der Waals surface area contributed by atoms with Gasteiger partial charge in [-0.15, -0.1) is 0 Å². The molecule has 0 aromatic heterocycles. The van der Waals surface area contributed by atoms with Crippen LogP contribution in [0.1, 0.15) is 36.1 Å². The molecule has 0 bridgehead atoms. The zero-order chi connectivity index (χ0) is 24.6. The maximum atomic E-state index is 11.5. The normalized spacial score (nSPS) is 10.8. The van der Waals surface area contributed by atoms with Crippen LogP contribution in [0.5, 0.6) is 0 Å². The summed E-state index contributed by atoms with van der Waals surface area (Å²) in [5, 5.41) is 23.0. The minimum absolute atomic E-state index is 0. The summed E-state index contributed by atoms with van der Waals surface area (Å²) in [6, 6.07) is 36.6. The first-order valence-corrected chi connectivity index (χ1v) is 11.0. The van der Waals surface area contributed by atoms with E-state index in [9.17, 15) is 19.8 Å². The summed E-state index contributed by atoms with van der Waals surface area (Å²) in [4.78, 5) is 23.0. The predicted octanol–water partition coefficient (Wildman–Crippen LogP) is 3.10. The van der Waals surface area contributed by atoms with E-state index in [1.165, 1.54) is 0 Å². The van der Waals surface area contributed by atoms with Crippen molar-refractivity contribution in [2.75, 3.05) is 0 Å². The van der Waals surface area contributed by atoms with Crippen LogP contribution in [0.15, 0.2) is 121 Å². The van der Waals surface area contributed by atoms with Gasteiger partial charge >= 0.3 is 23.1 Å². The third kappa shape index (κ3) is 5.99. The second-order valence-electron chi connectivity index (χ2n) is 8.29. The number of carbonyl (C=O) groups excluding carboxylic acids is 2. The third-order valence-corrected chi connectivity index (χ3v) is 6.22. The molecule has 0 saturated carbocycles. The summed E-state index contributed by atoms with van der Waals surface area (Å²) in [6.45, 7) is 3.35. The van der Waals surface area contributed by atoms with E-state index in [0.717, 1.165) is 22.3 Å². The Morgan fingerprint density at radius 1 is 0.457 bits per heavy atom. The molecular formula is C30H26MgO4. The first kappa shape index (κ1) is 27.8. The topological polar surface area (TPSA) is 80.3 Å². The van der Waals surface area contributed by atoms with Gasteiger partial charge in [0.15, 0.2) is 0 Å². The molecule has 0 fully saturated rings. The van der Waals surface area contributed by atoms with Crippen LogP contribution in [-0.4, -0.2) is 35.0 Å². The molecule has 0 atom stereocenters. The number of rotatable bonds is 6. The van der Waals surface area contributed by atoms with Crippen LogP contribution >= 0.6 is 0 Å². The number of carbonyl (C=O) groups is 2. The Morgan fingerprint density at radius 3 is 0.771 bits per heavy atom. The zero-order valence-electron chi connectivity index (χ0n) is 19.9. The van der Waals surface area contributed by atoms with Crippen molar-refractivity contribution < 1.29 is 19.8 Å². The van der Waals surface area contributed by atoms with Gasteiger partial charge in [-0.25, -0.2) is 0 Å². The Hall–Kier alpha value is -3.41. The van der Waals surface area contributed by atoms with Gasteiger partial charge in [0.25, 0.3) is 0 Å². The summed E-state index contributed by atoms with van der Waals surface area (Å²) >= 11 is 0. The van der Waals surface area contributed by atoms with Gasteiger partial charge < -0.3 is 19.8 Å². The molecule has 4 nitrogen and oxygen atoms in total. The van der Waals surface area contributed by atoms with Crippen molar-refractivity contribution >= 4 is 35.0 Å². The molecule has 172 valence electrons. The molecule has 0 amide bonds. The summed E-state index contributed by atoms with van der Waals surface area (Å²) in [5.74, 6) is -2.18. The van der Waals surface area contributed by atoms with Crippen molar-refractivity contribution in [3.63, 3.8) is 0 Å². The molecule has 4 rings (SSSR count). The van der Waals surface area contributed by atoms with Gasteiger partial charge in [-0.05, 0) is 36.1 Å². The summed E-state index contributed by atoms with van der Waals surface area (Å²) in [6.07, 6.45) is 0. The van der Waals surface area contributed by atoms with E-state index in [1.807, 2.05) is 121 Å². The quantitative estimate of drug-likeness (QED) is 0.402. The fraction of sp³-hybridized carbons (Fsp3) is 0.133.